The number of rotatable bonds is 12. The molecule has 0 bridgehead atoms. The lowest BCUT2D eigenvalue weighted by Gasteiger charge is -2.15. The molecule has 0 spiro atoms. The number of unbranched alkanes of at least 4 members (excludes halogenated alkanes) is 1. The van der Waals surface area contributed by atoms with Crippen LogP contribution in [0.4, 0.5) is 0 Å². The maximum atomic E-state index is 11.6. The van der Waals surface area contributed by atoms with E-state index in [0.717, 1.165) is 19.3 Å². The van der Waals surface area contributed by atoms with Crippen molar-refractivity contribution in [3.8, 4) is 0 Å². The van der Waals surface area contributed by atoms with Gasteiger partial charge in [-0.05, 0) is 25.2 Å². The van der Waals surface area contributed by atoms with Crippen molar-refractivity contribution in [2.75, 3.05) is 6.61 Å². The van der Waals surface area contributed by atoms with E-state index in [4.69, 9.17) is 9.47 Å². The molecule has 0 aliphatic heterocycles. The zero-order chi connectivity index (χ0) is 14.5. The topological polar surface area (TPSA) is 52.6 Å². The van der Waals surface area contributed by atoms with E-state index in [0.29, 0.717) is 31.8 Å². The van der Waals surface area contributed by atoms with Crippen molar-refractivity contribution in [3.63, 3.8) is 0 Å². The molecule has 0 aromatic rings. The fourth-order valence-electron chi connectivity index (χ4n) is 1.91. The molecule has 19 heavy (non-hydrogen) atoms. The standard InChI is InChI=1S/C15H28O4/c1-4-7-8-13(5-2)11-18-15(17)10-9-14(6-3)19-12-16/h12-14H,4-11H2,1-3H3. The van der Waals surface area contributed by atoms with E-state index >= 15 is 0 Å². The molecule has 0 aliphatic rings. The first-order valence-corrected chi connectivity index (χ1v) is 7.42. The molecule has 4 nitrogen and oxygen atoms in total. The van der Waals surface area contributed by atoms with Crippen LogP contribution in [0, 0.1) is 5.92 Å². The third-order valence-corrected chi connectivity index (χ3v) is 3.40. The van der Waals surface area contributed by atoms with Crippen LogP contribution in [-0.4, -0.2) is 25.2 Å². The molecule has 2 atom stereocenters. The minimum Gasteiger partial charge on any atom is -0.465 e. The van der Waals surface area contributed by atoms with Crippen molar-refractivity contribution in [2.45, 2.75) is 71.8 Å². The van der Waals surface area contributed by atoms with Crippen molar-refractivity contribution in [3.05, 3.63) is 0 Å². The van der Waals surface area contributed by atoms with Gasteiger partial charge in [0.2, 0.25) is 0 Å². The third kappa shape index (κ3) is 9.51. The molecule has 0 fully saturated rings. The van der Waals surface area contributed by atoms with Crippen LogP contribution < -0.4 is 0 Å². The second-order valence-corrected chi connectivity index (χ2v) is 4.90. The predicted molar refractivity (Wildman–Crippen MR) is 74.7 cm³/mol. The fourth-order valence-corrected chi connectivity index (χ4v) is 1.91. The molecule has 0 aromatic heterocycles. The molecule has 0 aromatic carbocycles. The number of carbonyl (C=O) groups excluding carboxylic acids is 2. The van der Waals surface area contributed by atoms with Crippen molar-refractivity contribution >= 4 is 12.4 Å². The van der Waals surface area contributed by atoms with Crippen molar-refractivity contribution in [2.24, 2.45) is 5.92 Å². The summed E-state index contributed by atoms with van der Waals surface area (Å²) in [6.07, 6.45) is 5.92. The molecule has 0 N–H and O–H groups in total. The van der Waals surface area contributed by atoms with Crippen molar-refractivity contribution in [1.82, 2.24) is 0 Å². The first kappa shape index (κ1) is 17.9. The Kier molecular flexibility index (Phi) is 11.3. The summed E-state index contributed by atoms with van der Waals surface area (Å²) >= 11 is 0. The quantitative estimate of drug-likeness (QED) is 0.403. The highest BCUT2D eigenvalue weighted by Gasteiger charge is 2.13. The molecule has 0 aliphatic carbocycles. The van der Waals surface area contributed by atoms with Crippen LogP contribution >= 0.6 is 0 Å². The molecule has 0 radical (unpaired) electrons. The van der Waals surface area contributed by atoms with E-state index in [1.165, 1.54) is 12.8 Å². The van der Waals surface area contributed by atoms with E-state index in [1.54, 1.807) is 0 Å². The van der Waals surface area contributed by atoms with Crippen molar-refractivity contribution in [1.29, 1.82) is 0 Å². The molecule has 0 rings (SSSR count). The van der Waals surface area contributed by atoms with E-state index in [2.05, 4.69) is 13.8 Å². The van der Waals surface area contributed by atoms with Gasteiger partial charge in [0.15, 0.2) is 0 Å². The van der Waals surface area contributed by atoms with Gasteiger partial charge in [-0.3, -0.25) is 9.59 Å². The summed E-state index contributed by atoms with van der Waals surface area (Å²) in [6, 6.07) is 0. The van der Waals surface area contributed by atoms with E-state index in [9.17, 15) is 9.59 Å². The number of ether oxygens (including phenoxy) is 2. The summed E-state index contributed by atoms with van der Waals surface area (Å²) in [6.45, 7) is 7.17. The minimum atomic E-state index is -0.192. The molecule has 0 heterocycles. The Hall–Kier alpha value is -1.06. The largest absolute Gasteiger partial charge is 0.465 e. The van der Waals surface area contributed by atoms with Gasteiger partial charge in [0, 0.05) is 6.42 Å². The summed E-state index contributed by atoms with van der Waals surface area (Å²) in [5.74, 6) is 0.278. The summed E-state index contributed by atoms with van der Waals surface area (Å²) in [5, 5.41) is 0. The summed E-state index contributed by atoms with van der Waals surface area (Å²) in [7, 11) is 0. The maximum absolute atomic E-state index is 11.6. The first-order chi connectivity index (χ1) is 9.17. The lowest BCUT2D eigenvalue weighted by atomic mass is 10.0. The van der Waals surface area contributed by atoms with E-state index in [1.807, 2.05) is 6.92 Å². The Morgan fingerprint density at radius 2 is 1.89 bits per heavy atom. The minimum absolute atomic E-state index is 0.174. The van der Waals surface area contributed by atoms with Crippen LogP contribution in [0.5, 0.6) is 0 Å². The number of esters is 1. The molecular weight excluding hydrogens is 244 g/mol. The molecule has 0 amide bonds. The van der Waals surface area contributed by atoms with Gasteiger partial charge in [-0.1, -0.05) is 40.0 Å². The zero-order valence-electron chi connectivity index (χ0n) is 12.5. The summed E-state index contributed by atoms with van der Waals surface area (Å²) in [5.41, 5.74) is 0. The molecular formula is C15H28O4. The van der Waals surface area contributed by atoms with Gasteiger partial charge in [-0.15, -0.1) is 0 Å². The Balaban J connectivity index is 3.80. The third-order valence-electron chi connectivity index (χ3n) is 3.40. The Labute approximate surface area is 116 Å². The molecule has 0 saturated heterocycles. The van der Waals surface area contributed by atoms with E-state index in [-0.39, 0.29) is 12.1 Å². The van der Waals surface area contributed by atoms with Crippen LogP contribution in [0.2, 0.25) is 0 Å². The van der Waals surface area contributed by atoms with Crippen molar-refractivity contribution < 1.29 is 19.1 Å². The van der Waals surface area contributed by atoms with Crippen LogP contribution in [-0.2, 0) is 19.1 Å². The highest BCUT2D eigenvalue weighted by molar-refractivity contribution is 5.69. The fraction of sp³-hybridized carbons (Fsp3) is 0.867. The van der Waals surface area contributed by atoms with Gasteiger partial charge in [0.1, 0.15) is 6.10 Å². The first-order valence-electron chi connectivity index (χ1n) is 7.42. The number of carbonyl (C=O) groups is 2. The van der Waals surface area contributed by atoms with Gasteiger partial charge in [-0.2, -0.15) is 0 Å². The van der Waals surface area contributed by atoms with Gasteiger partial charge >= 0.3 is 5.97 Å². The average Bonchev–Trinajstić information content (AvgIpc) is 2.43. The average molecular weight is 272 g/mol. The SMILES string of the molecule is CCCCC(CC)COC(=O)CCC(CC)OC=O. The Bertz CT molecular complexity index is 240. The highest BCUT2D eigenvalue weighted by Crippen LogP contribution is 2.14. The smallest absolute Gasteiger partial charge is 0.305 e. The lowest BCUT2D eigenvalue weighted by molar-refractivity contribution is -0.147. The maximum Gasteiger partial charge on any atom is 0.305 e. The van der Waals surface area contributed by atoms with E-state index < -0.39 is 0 Å². The second-order valence-electron chi connectivity index (χ2n) is 4.90. The highest BCUT2D eigenvalue weighted by atomic mass is 16.5. The molecule has 0 saturated carbocycles. The second kappa shape index (κ2) is 12.0. The molecule has 2 unspecified atom stereocenters. The monoisotopic (exact) mass is 272 g/mol. The summed E-state index contributed by atoms with van der Waals surface area (Å²) in [4.78, 5) is 21.8. The van der Waals surface area contributed by atoms with Crippen LogP contribution in [0.1, 0.15) is 65.7 Å². The zero-order valence-corrected chi connectivity index (χ0v) is 12.5. The van der Waals surface area contributed by atoms with Crippen LogP contribution in [0.3, 0.4) is 0 Å². The molecule has 112 valence electrons. The normalized spacial score (nSPS) is 13.6. The van der Waals surface area contributed by atoms with Gasteiger partial charge in [0.25, 0.3) is 6.47 Å². The van der Waals surface area contributed by atoms with Crippen LogP contribution in [0.25, 0.3) is 0 Å². The van der Waals surface area contributed by atoms with Gasteiger partial charge in [-0.25, -0.2) is 0 Å². The Morgan fingerprint density at radius 3 is 2.42 bits per heavy atom. The predicted octanol–water partition coefficient (Wildman–Crippen LogP) is 3.48. The van der Waals surface area contributed by atoms with Crippen LogP contribution in [0.15, 0.2) is 0 Å². The van der Waals surface area contributed by atoms with Gasteiger partial charge in [0.05, 0.1) is 6.61 Å². The summed E-state index contributed by atoms with van der Waals surface area (Å²) < 4.78 is 10.1. The Morgan fingerprint density at radius 1 is 1.16 bits per heavy atom. The molecule has 4 heteroatoms. The lowest BCUT2D eigenvalue weighted by Crippen LogP contribution is -2.17. The van der Waals surface area contributed by atoms with Gasteiger partial charge < -0.3 is 9.47 Å². The number of hydrogen-bond donors (Lipinski definition) is 0. The number of hydrogen-bond acceptors (Lipinski definition) is 4.